The van der Waals surface area contributed by atoms with E-state index in [1.165, 1.54) is 16.7 Å². The Hall–Kier alpha value is -4.18. The number of aromatic nitrogens is 4. The van der Waals surface area contributed by atoms with Crippen LogP contribution in [0.15, 0.2) is 47.0 Å². The highest BCUT2D eigenvalue weighted by molar-refractivity contribution is 8.00. The Kier molecular flexibility index (Phi) is 5.52. The Bertz CT molecular complexity index is 1450. The number of hydrogen-bond donors (Lipinski definition) is 5. The number of nitrogens with one attached hydrogen (secondary N) is 1. The highest BCUT2D eigenvalue weighted by Crippen LogP contribution is 2.40. The minimum absolute atomic E-state index is 0.0722. The third-order valence-electron chi connectivity index (χ3n) is 5.59. The predicted molar refractivity (Wildman–Crippen MR) is 124 cm³/mol. The SMILES string of the molecule is Nc1nc(/C(=N/O)C(=O)N[C@@H]2C(=O)N3C(C(=O)O)=C(C[n+]4ccn5c(N)cccc54)CS[C@H]23)ns1. The van der Waals surface area contributed by atoms with Gasteiger partial charge in [-0.3, -0.25) is 14.5 Å². The van der Waals surface area contributed by atoms with E-state index in [0.717, 1.165) is 17.2 Å². The van der Waals surface area contributed by atoms with E-state index in [4.69, 9.17) is 11.5 Å². The van der Waals surface area contributed by atoms with Crippen molar-refractivity contribution in [3.63, 3.8) is 0 Å². The molecule has 0 aromatic carbocycles. The zero-order valence-electron chi connectivity index (χ0n) is 17.7. The maximum absolute atomic E-state index is 12.9. The number of carbonyl (C=O) groups excluding carboxylic acids is 2. The Morgan fingerprint density at radius 2 is 2.14 bits per heavy atom. The third kappa shape index (κ3) is 3.71. The molecular weight excluding hydrogens is 498 g/mol. The lowest BCUT2D eigenvalue weighted by Gasteiger charge is -2.49. The van der Waals surface area contributed by atoms with Gasteiger partial charge in [-0.25, -0.2) is 9.36 Å². The van der Waals surface area contributed by atoms with Crippen LogP contribution in [0.2, 0.25) is 0 Å². The van der Waals surface area contributed by atoms with E-state index in [1.807, 2.05) is 10.6 Å². The number of aliphatic carboxylic acids is 1. The van der Waals surface area contributed by atoms with Crippen LogP contribution in [0.25, 0.3) is 5.65 Å². The Morgan fingerprint density at radius 1 is 1.34 bits per heavy atom. The molecule has 3 aromatic rings. The highest BCUT2D eigenvalue weighted by atomic mass is 32.2. The monoisotopic (exact) mass is 516 g/mol. The van der Waals surface area contributed by atoms with Crippen molar-refractivity contribution < 1.29 is 29.3 Å². The molecule has 0 radical (unpaired) electrons. The van der Waals surface area contributed by atoms with Crippen molar-refractivity contribution in [2.24, 2.45) is 5.16 Å². The molecule has 2 amide bonds. The molecule has 0 unspecified atom stereocenters. The number of rotatable bonds is 6. The molecule has 0 saturated carbocycles. The van der Waals surface area contributed by atoms with E-state index in [2.05, 4.69) is 19.8 Å². The molecule has 5 rings (SSSR count). The second kappa shape index (κ2) is 8.55. The fraction of sp³-hybridized carbons (Fsp3) is 0.211. The largest absolute Gasteiger partial charge is 0.477 e. The van der Waals surface area contributed by atoms with Crippen LogP contribution in [-0.2, 0) is 20.9 Å². The van der Waals surface area contributed by atoms with Gasteiger partial charge in [0, 0.05) is 35.0 Å². The predicted octanol–water partition coefficient (Wildman–Crippen LogP) is -1.14. The number of nitrogens with zero attached hydrogens (tertiary/aromatic N) is 6. The lowest BCUT2D eigenvalue weighted by Crippen LogP contribution is -2.71. The molecule has 1 fully saturated rings. The summed E-state index contributed by atoms with van der Waals surface area (Å²) in [5, 5.41) is 24.0. The van der Waals surface area contributed by atoms with Crippen molar-refractivity contribution in [1.29, 1.82) is 0 Å². The van der Waals surface area contributed by atoms with Gasteiger partial charge >= 0.3 is 5.97 Å². The maximum Gasteiger partial charge on any atom is 0.352 e. The quantitative estimate of drug-likeness (QED) is 0.0875. The second-order valence-electron chi connectivity index (χ2n) is 7.63. The zero-order valence-corrected chi connectivity index (χ0v) is 19.4. The number of carbonyl (C=O) groups is 3. The number of fused-ring (bicyclic) bond motifs is 2. The number of carboxylic acid groups (broad SMARTS) is 1. The van der Waals surface area contributed by atoms with E-state index in [0.29, 0.717) is 17.1 Å². The molecule has 1 saturated heterocycles. The van der Waals surface area contributed by atoms with Crippen LogP contribution >= 0.6 is 23.3 Å². The second-order valence-corrected chi connectivity index (χ2v) is 9.52. The minimum atomic E-state index is -1.24. The van der Waals surface area contributed by atoms with Gasteiger partial charge in [0.15, 0.2) is 10.9 Å². The minimum Gasteiger partial charge on any atom is -0.477 e. The molecule has 3 aromatic heterocycles. The number of nitrogens with two attached hydrogens (primary N) is 2. The van der Waals surface area contributed by atoms with Crippen LogP contribution in [0, 0.1) is 0 Å². The fourth-order valence-corrected chi connectivity index (χ4v) is 5.79. The molecule has 0 spiro atoms. The first-order valence-electron chi connectivity index (χ1n) is 10.1. The summed E-state index contributed by atoms with van der Waals surface area (Å²) >= 11 is 2.13. The van der Waals surface area contributed by atoms with E-state index in [1.54, 1.807) is 28.9 Å². The van der Waals surface area contributed by atoms with E-state index in [-0.39, 0.29) is 23.2 Å². The number of pyridine rings is 1. The molecule has 0 bridgehead atoms. The maximum atomic E-state index is 12.9. The van der Waals surface area contributed by atoms with Gasteiger partial charge in [0.2, 0.25) is 11.5 Å². The summed E-state index contributed by atoms with van der Waals surface area (Å²) in [6.45, 7) is 0.236. The van der Waals surface area contributed by atoms with Crippen molar-refractivity contribution in [2.45, 2.75) is 18.0 Å². The summed E-state index contributed by atoms with van der Waals surface area (Å²) in [4.78, 5) is 42.7. The average Bonchev–Trinajstić information content (AvgIpc) is 3.44. The first-order chi connectivity index (χ1) is 16.8. The number of nitrogen functional groups attached to an aromatic ring is 2. The van der Waals surface area contributed by atoms with Gasteiger partial charge in [-0.05, 0) is 6.07 Å². The summed E-state index contributed by atoms with van der Waals surface area (Å²) in [7, 11) is 0. The summed E-state index contributed by atoms with van der Waals surface area (Å²) in [5.74, 6) is -2.05. The highest BCUT2D eigenvalue weighted by Gasteiger charge is 2.54. The summed E-state index contributed by atoms with van der Waals surface area (Å²) < 4.78 is 7.44. The van der Waals surface area contributed by atoms with Crippen LogP contribution in [-0.4, -0.2) is 69.6 Å². The Balaban J connectivity index is 1.38. The summed E-state index contributed by atoms with van der Waals surface area (Å²) in [5.41, 5.74) is 12.2. The van der Waals surface area contributed by atoms with Gasteiger partial charge < -0.3 is 27.1 Å². The molecule has 2 atom stereocenters. The van der Waals surface area contributed by atoms with Crippen LogP contribution in [0.3, 0.4) is 0 Å². The normalized spacial score (nSPS) is 20.1. The van der Waals surface area contributed by atoms with E-state index < -0.39 is 34.9 Å². The molecule has 2 aliphatic heterocycles. The van der Waals surface area contributed by atoms with Crippen molar-refractivity contribution >= 4 is 63.4 Å². The lowest BCUT2D eigenvalue weighted by atomic mass is 10.0. The van der Waals surface area contributed by atoms with Crippen LogP contribution < -0.4 is 21.4 Å². The molecule has 0 aliphatic carbocycles. The number of oxime groups is 1. The van der Waals surface area contributed by atoms with Gasteiger partial charge in [-0.1, -0.05) is 5.16 Å². The molecule has 35 heavy (non-hydrogen) atoms. The number of amides is 2. The zero-order chi connectivity index (χ0) is 24.9. The lowest BCUT2D eigenvalue weighted by molar-refractivity contribution is -0.662. The number of carboxylic acids is 1. The molecule has 180 valence electrons. The number of β-lactam (4-membered cyclic amide) rings is 1. The number of thioether (sulfide) groups is 1. The van der Waals surface area contributed by atoms with Crippen LogP contribution in [0.4, 0.5) is 10.9 Å². The van der Waals surface area contributed by atoms with Crippen LogP contribution in [0.5, 0.6) is 0 Å². The van der Waals surface area contributed by atoms with Crippen molar-refractivity contribution in [3.05, 3.63) is 47.7 Å². The van der Waals surface area contributed by atoms with E-state index >= 15 is 0 Å². The molecule has 16 heteroatoms. The number of hydrogen-bond acceptors (Lipinski definition) is 11. The van der Waals surface area contributed by atoms with Gasteiger partial charge in [0.05, 0.1) is 0 Å². The van der Waals surface area contributed by atoms with Gasteiger partial charge in [0.1, 0.15) is 36.1 Å². The molecule has 7 N–H and O–H groups in total. The molecule has 2 aliphatic rings. The third-order valence-corrected chi connectivity index (χ3v) is 7.48. The van der Waals surface area contributed by atoms with Crippen molar-refractivity contribution in [1.82, 2.24) is 24.0 Å². The van der Waals surface area contributed by atoms with E-state index in [9.17, 15) is 24.7 Å². The fourth-order valence-electron chi connectivity index (χ4n) is 4.02. The Labute approximate surface area is 204 Å². The molecular formula is C19H18N9O5S2+. The topological polar surface area (TPSA) is 205 Å². The van der Waals surface area contributed by atoms with Gasteiger partial charge in [-0.2, -0.15) is 13.8 Å². The summed E-state index contributed by atoms with van der Waals surface area (Å²) in [6, 6.07) is 4.38. The first kappa shape index (κ1) is 22.6. The number of imidazole rings is 1. The van der Waals surface area contributed by atoms with Gasteiger partial charge in [-0.15, -0.1) is 11.8 Å². The molecule has 14 nitrogen and oxygen atoms in total. The van der Waals surface area contributed by atoms with Crippen LogP contribution in [0.1, 0.15) is 5.82 Å². The smallest absolute Gasteiger partial charge is 0.352 e. The van der Waals surface area contributed by atoms with Crippen molar-refractivity contribution in [2.75, 3.05) is 17.2 Å². The molecule has 5 heterocycles. The standard InChI is InChI=1S/C19H17N9O5S2/c20-9-2-1-3-10-26(4-5-27(9)10)6-8-7-34-17-12(16(30)28(17)13(8)18(31)32)22-15(29)11(24-33)14-23-19(21)35-25-14/h1-5,12,17,20H,6-7H2,(H5,21,22,23,25,29,31,32,33)/p+1/t12-,17-/m1/s1. The summed E-state index contributed by atoms with van der Waals surface area (Å²) in [6.07, 6.45) is 3.56. The van der Waals surface area contributed by atoms with Gasteiger partial charge in [0.25, 0.3) is 17.5 Å². The van der Waals surface area contributed by atoms with Crippen molar-refractivity contribution in [3.8, 4) is 0 Å². The Morgan fingerprint density at radius 3 is 2.83 bits per heavy atom. The number of anilines is 2. The first-order valence-corrected chi connectivity index (χ1v) is 11.9. The average molecular weight is 517 g/mol.